The first-order chi connectivity index (χ1) is 7.88. The molecule has 1 rings (SSSR count). The van der Waals surface area contributed by atoms with Gasteiger partial charge in [-0.25, -0.2) is 4.39 Å². The number of carbonyl (C=O) groups is 1. The highest BCUT2D eigenvalue weighted by Gasteiger charge is 2.27. The van der Waals surface area contributed by atoms with Crippen molar-refractivity contribution in [2.75, 3.05) is 5.75 Å². The average molecular weight is 266 g/mol. The van der Waals surface area contributed by atoms with Gasteiger partial charge in [0, 0.05) is 11.3 Å². The van der Waals surface area contributed by atoms with Crippen molar-refractivity contribution in [3.05, 3.63) is 30.1 Å². The number of thioether (sulfide) groups is 1. The maximum Gasteiger partial charge on any atom is 0.389 e. The predicted octanol–water partition coefficient (Wildman–Crippen LogP) is 3.83. The Morgan fingerprint density at radius 1 is 1.24 bits per heavy atom. The number of ketones is 1. The number of hydrogen-bond donors (Lipinski definition) is 0. The number of carbonyl (C=O) groups excluding carboxylic acids is 1. The molecule has 0 N–H and O–H groups in total. The third kappa shape index (κ3) is 5.72. The summed E-state index contributed by atoms with van der Waals surface area (Å²) in [5, 5.41) is 0. The van der Waals surface area contributed by atoms with E-state index in [9.17, 15) is 22.4 Å². The van der Waals surface area contributed by atoms with Crippen molar-refractivity contribution in [3.63, 3.8) is 0 Å². The van der Waals surface area contributed by atoms with Crippen LogP contribution in [0, 0.1) is 5.82 Å². The second-order valence-corrected chi connectivity index (χ2v) is 4.39. The minimum Gasteiger partial charge on any atom is -0.299 e. The molecule has 0 unspecified atom stereocenters. The Kier molecular flexibility index (Phi) is 4.99. The van der Waals surface area contributed by atoms with Gasteiger partial charge in [0.05, 0.1) is 12.2 Å². The lowest BCUT2D eigenvalue weighted by molar-refractivity contribution is -0.142. The van der Waals surface area contributed by atoms with Crippen molar-refractivity contribution in [1.29, 1.82) is 0 Å². The van der Waals surface area contributed by atoms with E-state index in [1.54, 1.807) is 6.07 Å². The van der Waals surface area contributed by atoms with Gasteiger partial charge in [-0.3, -0.25) is 4.79 Å². The lowest BCUT2D eigenvalue weighted by atomic mass is 10.2. The average Bonchev–Trinajstić information content (AvgIpc) is 2.24. The van der Waals surface area contributed by atoms with Crippen LogP contribution in [-0.2, 0) is 4.79 Å². The number of benzene rings is 1. The summed E-state index contributed by atoms with van der Waals surface area (Å²) < 4.78 is 48.6. The quantitative estimate of drug-likeness (QED) is 0.595. The van der Waals surface area contributed by atoms with E-state index in [1.165, 1.54) is 18.2 Å². The molecule has 0 aliphatic rings. The Balaban J connectivity index is 2.36. The molecule has 0 aliphatic heterocycles. The summed E-state index contributed by atoms with van der Waals surface area (Å²) in [5.74, 6) is -1.14. The molecule has 94 valence electrons. The second-order valence-electron chi connectivity index (χ2n) is 3.37. The van der Waals surface area contributed by atoms with Crippen LogP contribution in [0.1, 0.15) is 12.8 Å². The van der Waals surface area contributed by atoms with Crippen molar-refractivity contribution in [3.8, 4) is 0 Å². The maximum atomic E-state index is 13.1. The third-order valence-corrected chi connectivity index (χ3v) is 3.02. The smallest absolute Gasteiger partial charge is 0.299 e. The number of hydrogen-bond acceptors (Lipinski definition) is 2. The topological polar surface area (TPSA) is 17.1 Å². The molecule has 0 atom stereocenters. The largest absolute Gasteiger partial charge is 0.389 e. The van der Waals surface area contributed by atoms with Crippen LogP contribution < -0.4 is 0 Å². The molecule has 17 heavy (non-hydrogen) atoms. The van der Waals surface area contributed by atoms with Crippen LogP contribution >= 0.6 is 11.8 Å². The second kappa shape index (κ2) is 6.05. The first kappa shape index (κ1) is 14.0. The Morgan fingerprint density at radius 2 is 1.88 bits per heavy atom. The number of rotatable bonds is 5. The van der Waals surface area contributed by atoms with Gasteiger partial charge in [-0.15, -0.1) is 11.8 Å². The fourth-order valence-corrected chi connectivity index (χ4v) is 1.91. The molecule has 0 aliphatic carbocycles. The first-order valence-electron chi connectivity index (χ1n) is 4.84. The molecule has 1 aromatic carbocycles. The van der Waals surface area contributed by atoms with E-state index in [4.69, 9.17) is 0 Å². The monoisotopic (exact) mass is 266 g/mol. The van der Waals surface area contributed by atoms with E-state index >= 15 is 0 Å². The van der Waals surface area contributed by atoms with Gasteiger partial charge in [-0.05, 0) is 12.1 Å². The molecule has 1 aromatic rings. The fraction of sp³-hybridized carbons (Fsp3) is 0.364. The molecule has 0 aromatic heterocycles. The molecule has 1 nitrogen and oxygen atoms in total. The van der Waals surface area contributed by atoms with Gasteiger partial charge < -0.3 is 0 Å². The van der Waals surface area contributed by atoms with Crippen molar-refractivity contribution < 1.29 is 22.4 Å². The SMILES string of the molecule is O=C(CCC(F)(F)F)CSc1ccccc1F. The molecule has 0 radical (unpaired) electrons. The van der Waals surface area contributed by atoms with E-state index < -0.39 is 30.6 Å². The van der Waals surface area contributed by atoms with Crippen LogP contribution in [0.3, 0.4) is 0 Å². The molecule has 0 spiro atoms. The van der Waals surface area contributed by atoms with Gasteiger partial charge >= 0.3 is 6.18 Å². The Labute approximate surface area is 100 Å². The van der Waals surface area contributed by atoms with E-state index in [0.29, 0.717) is 0 Å². The van der Waals surface area contributed by atoms with Crippen LogP contribution in [0.5, 0.6) is 0 Å². The van der Waals surface area contributed by atoms with Crippen molar-refractivity contribution >= 4 is 17.5 Å². The molecule has 0 heterocycles. The van der Waals surface area contributed by atoms with E-state index in [0.717, 1.165) is 11.8 Å². The zero-order valence-electron chi connectivity index (χ0n) is 8.76. The summed E-state index contributed by atoms with van der Waals surface area (Å²) in [6.45, 7) is 0. The first-order valence-corrected chi connectivity index (χ1v) is 5.83. The zero-order chi connectivity index (χ0) is 12.9. The van der Waals surface area contributed by atoms with Gasteiger partial charge in [0.15, 0.2) is 0 Å². The molecular formula is C11H10F4OS. The standard InChI is InChI=1S/C11H10F4OS/c12-9-3-1-2-4-10(9)17-7-8(16)5-6-11(13,14)15/h1-4H,5-7H2. The Hall–Kier alpha value is -1.04. The molecular weight excluding hydrogens is 256 g/mol. The third-order valence-electron chi connectivity index (χ3n) is 1.91. The van der Waals surface area contributed by atoms with Crippen molar-refractivity contribution in [2.24, 2.45) is 0 Å². The Bertz CT molecular complexity index is 389. The fourth-order valence-electron chi connectivity index (χ4n) is 1.07. The summed E-state index contributed by atoms with van der Waals surface area (Å²) in [5.41, 5.74) is 0. The van der Waals surface area contributed by atoms with Gasteiger partial charge in [0.1, 0.15) is 11.6 Å². The zero-order valence-corrected chi connectivity index (χ0v) is 9.58. The maximum absolute atomic E-state index is 13.1. The van der Waals surface area contributed by atoms with Crippen LogP contribution in [0.4, 0.5) is 17.6 Å². The summed E-state index contributed by atoms with van der Waals surface area (Å²) >= 11 is 0.914. The lowest BCUT2D eigenvalue weighted by Crippen LogP contribution is -2.11. The van der Waals surface area contributed by atoms with E-state index in [-0.39, 0.29) is 10.6 Å². The highest BCUT2D eigenvalue weighted by molar-refractivity contribution is 8.00. The summed E-state index contributed by atoms with van der Waals surface area (Å²) in [7, 11) is 0. The van der Waals surface area contributed by atoms with Crippen LogP contribution in [0.15, 0.2) is 29.2 Å². The molecule has 0 bridgehead atoms. The molecule has 0 saturated heterocycles. The van der Waals surface area contributed by atoms with Crippen LogP contribution in [-0.4, -0.2) is 17.7 Å². The van der Waals surface area contributed by atoms with Gasteiger partial charge in [-0.2, -0.15) is 13.2 Å². The van der Waals surface area contributed by atoms with Gasteiger partial charge in [-0.1, -0.05) is 12.1 Å². The summed E-state index contributed by atoms with van der Waals surface area (Å²) in [6.07, 6.45) is -5.99. The highest BCUT2D eigenvalue weighted by Crippen LogP contribution is 2.24. The number of halogens is 4. The van der Waals surface area contributed by atoms with Crippen molar-refractivity contribution in [2.45, 2.75) is 23.9 Å². The van der Waals surface area contributed by atoms with E-state index in [2.05, 4.69) is 0 Å². The molecule has 0 saturated carbocycles. The minimum atomic E-state index is -4.32. The molecule has 0 fully saturated rings. The van der Waals surface area contributed by atoms with E-state index in [1.807, 2.05) is 0 Å². The normalized spacial score (nSPS) is 11.5. The Morgan fingerprint density at radius 3 is 2.47 bits per heavy atom. The summed E-state index contributed by atoms with van der Waals surface area (Å²) in [4.78, 5) is 11.4. The minimum absolute atomic E-state index is 0.142. The number of Topliss-reactive ketones (excluding diaryl/α,β-unsaturated/α-hetero) is 1. The van der Waals surface area contributed by atoms with Crippen molar-refractivity contribution in [1.82, 2.24) is 0 Å². The molecule has 0 amide bonds. The van der Waals surface area contributed by atoms with Gasteiger partial charge in [0.2, 0.25) is 0 Å². The van der Waals surface area contributed by atoms with Crippen LogP contribution in [0.2, 0.25) is 0 Å². The predicted molar refractivity (Wildman–Crippen MR) is 57.4 cm³/mol. The summed E-state index contributed by atoms with van der Waals surface area (Å²) in [6, 6.07) is 5.83. The van der Waals surface area contributed by atoms with Crippen LogP contribution in [0.25, 0.3) is 0 Å². The number of alkyl halides is 3. The lowest BCUT2D eigenvalue weighted by Gasteiger charge is -2.05. The highest BCUT2D eigenvalue weighted by atomic mass is 32.2. The molecule has 6 heteroatoms. The van der Waals surface area contributed by atoms with Gasteiger partial charge in [0.25, 0.3) is 0 Å².